The van der Waals surface area contributed by atoms with Gasteiger partial charge in [0.1, 0.15) is 0 Å². The van der Waals surface area contributed by atoms with Crippen molar-refractivity contribution in [2.24, 2.45) is 0 Å². The molecule has 0 saturated heterocycles. The zero-order valence-corrected chi connectivity index (χ0v) is 18.1. The van der Waals surface area contributed by atoms with Crippen LogP contribution in [0.25, 0.3) is 0 Å². The molecule has 2 unspecified atom stereocenters. The van der Waals surface area contributed by atoms with Crippen LogP contribution >= 0.6 is 0 Å². The largest absolute Gasteiger partial charge is 0.365 e. The number of ketones is 1. The van der Waals surface area contributed by atoms with E-state index in [-0.39, 0.29) is 12.8 Å². The first-order valence-corrected chi connectivity index (χ1v) is 9.89. The standard InChI is InChI=1S/C25H26O7/c1-5-21(26)29-31-24(3,17-19-13-9-7-10-14-19)23(28)25(4,32-30-22(27)6-2)18-20-15-11-8-12-16-20/h5-16H,1-2,17-18H2,3-4H3. The molecular formula is C25H26O7. The molecule has 0 radical (unpaired) electrons. The number of hydrogen-bond donors (Lipinski definition) is 0. The maximum absolute atomic E-state index is 13.8. The lowest BCUT2D eigenvalue weighted by atomic mass is 9.80. The van der Waals surface area contributed by atoms with Crippen LogP contribution in [-0.4, -0.2) is 28.9 Å². The Bertz CT molecular complexity index is 877. The second kappa shape index (κ2) is 11.2. The van der Waals surface area contributed by atoms with Crippen LogP contribution < -0.4 is 0 Å². The lowest BCUT2D eigenvalue weighted by Gasteiger charge is -2.35. The molecule has 2 aromatic carbocycles. The smallest absolute Gasteiger partial charge is 0.293 e. The van der Waals surface area contributed by atoms with Crippen molar-refractivity contribution < 1.29 is 33.9 Å². The number of benzene rings is 2. The van der Waals surface area contributed by atoms with E-state index in [4.69, 9.17) is 19.6 Å². The predicted molar refractivity (Wildman–Crippen MR) is 117 cm³/mol. The molecule has 7 heteroatoms. The number of hydrogen-bond acceptors (Lipinski definition) is 7. The van der Waals surface area contributed by atoms with Crippen molar-refractivity contribution >= 4 is 17.7 Å². The first-order valence-electron chi connectivity index (χ1n) is 9.89. The Morgan fingerprint density at radius 1 is 0.719 bits per heavy atom. The highest BCUT2D eigenvalue weighted by atomic mass is 17.2. The van der Waals surface area contributed by atoms with Gasteiger partial charge in [0.2, 0.25) is 5.78 Å². The Morgan fingerprint density at radius 2 is 1.06 bits per heavy atom. The second-order valence-corrected chi connectivity index (χ2v) is 7.50. The van der Waals surface area contributed by atoms with Gasteiger partial charge in [-0.3, -0.25) is 14.6 Å². The summed E-state index contributed by atoms with van der Waals surface area (Å²) in [6.07, 6.45) is 1.94. The van der Waals surface area contributed by atoms with Gasteiger partial charge in [0.15, 0.2) is 11.2 Å². The fourth-order valence-corrected chi connectivity index (χ4v) is 3.16. The van der Waals surface area contributed by atoms with E-state index in [1.54, 1.807) is 24.3 Å². The number of carbonyl (C=O) groups excluding carboxylic acids is 3. The summed E-state index contributed by atoms with van der Waals surface area (Å²) in [4.78, 5) is 57.4. The maximum atomic E-state index is 13.8. The summed E-state index contributed by atoms with van der Waals surface area (Å²) in [5, 5.41) is 0. The highest BCUT2D eigenvalue weighted by molar-refractivity contribution is 5.95. The van der Waals surface area contributed by atoms with E-state index in [0.29, 0.717) is 0 Å². The molecule has 168 valence electrons. The molecule has 0 N–H and O–H groups in total. The van der Waals surface area contributed by atoms with Gasteiger partial charge in [-0.1, -0.05) is 73.8 Å². The van der Waals surface area contributed by atoms with Crippen LogP contribution in [0, 0.1) is 0 Å². The van der Waals surface area contributed by atoms with Gasteiger partial charge in [0, 0.05) is 25.0 Å². The van der Waals surface area contributed by atoms with Crippen molar-refractivity contribution in [3.8, 4) is 0 Å². The van der Waals surface area contributed by atoms with Crippen molar-refractivity contribution in [3.05, 3.63) is 97.1 Å². The maximum Gasteiger partial charge on any atom is 0.365 e. The van der Waals surface area contributed by atoms with Crippen LogP contribution in [0.2, 0.25) is 0 Å². The van der Waals surface area contributed by atoms with Gasteiger partial charge < -0.3 is 0 Å². The molecule has 2 atom stereocenters. The molecule has 0 aromatic heterocycles. The molecule has 0 aliphatic rings. The summed E-state index contributed by atoms with van der Waals surface area (Å²) in [5.41, 5.74) is -1.85. The third-order valence-corrected chi connectivity index (χ3v) is 4.68. The van der Waals surface area contributed by atoms with Gasteiger partial charge in [-0.25, -0.2) is 9.59 Å². The van der Waals surface area contributed by atoms with E-state index in [1.807, 2.05) is 36.4 Å². The molecule has 2 rings (SSSR count). The molecule has 0 fully saturated rings. The molecule has 0 heterocycles. The normalized spacial score (nSPS) is 14.3. The summed E-state index contributed by atoms with van der Waals surface area (Å²) in [5.74, 6) is -2.33. The molecule has 0 aliphatic heterocycles. The summed E-state index contributed by atoms with van der Waals surface area (Å²) < 4.78 is 0. The summed E-state index contributed by atoms with van der Waals surface area (Å²) in [7, 11) is 0. The minimum Gasteiger partial charge on any atom is -0.293 e. The Morgan fingerprint density at radius 3 is 1.38 bits per heavy atom. The van der Waals surface area contributed by atoms with E-state index in [2.05, 4.69) is 13.2 Å². The molecule has 7 nitrogen and oxygen atoms in total. The van der Waals surface area contributed by atoms with Crippen LogP contribution in [0.5, 0.6) is 0 Å². The highest BCUT2D eigenvalue weighted by Gasteiger charge is 2.50. The fraction of sp³-hybridized carbons (Fsp3) is 0.240. The second-order valence-electron chi connectivity index (χ2n) is 7.50. The topological polar surface area (TPSA) is 88.1 Å². The Kier molecular flexibility index (Phi) is 8.63. The number of carbonyl (C=O) groups is 3. The first-order chi connectivity index (χ1) is 15.2. The lowest BCUT2D eigenvalue weighted by Crippen LogP contribution is -2.55. The molecule has 0 bridgehead atoms. The van der Waals surface area contributed by atoms with Gasteiger partial charge in [0.25, 0.3) is 0 Å². The van der Waals surface area contributed by atoms with Crippen LogP contribution in [0.15, 0.2) is 86.0 Å². The molecule has 0 saturated carbocycles. The van der Waals surface area contributed by atoms with E-state index in [0.717, 1.165) is 23.3 Å². The Balaban J connectivity index is 2.42. The average Bonchev–Trinajstić information content (AvgIpc) is 2.81. The van der Waals surface area contributed by atoms with E-state index in [9.17, 15) is 14.4 Å². The zero-order valence-electron chi connectivity index (χ0n) is 18.1. The van der Waals surface area contributed by atoms with Gasteiger partial charge >= 0.3 is 11.9 Å². The molecule has 32 heavy (non-hydrogen) atoms. The van der Waals surface area contributed by atoms with Crippen LogP contribution in [0.4, 0.5) is 0 Å². The molecule has 0 amide bonds. The van der Waals surface area contributed by atoms with Crippen molar-refractivity contribution in [1.29, 1.82) is 0 Å². The van der Waals surface area contributed by atoms with Crippen molar-refractivity contribution in [2.75, 3.05) is 0 Å². The van der Waals surface area contributed by atoms with Gasteiger partial charge in [0.05, 0.1) is 0 Å². The van der Waals surface area contributed by atoms with Gasteiger partial charge in [-0.15, -0.1) is 0 Å². The Labute approximate surface area is 187 Å². The third-order valence-electron chi connectivity index (χ3n) is 4.68. The summed E-state index contributed by atoms with van der Waals surface area (Å²) in [6.45, 7) is 9.59. The minimum atomic E-state index is -1.68. The number of rotatable bonds is 12. The van der Waals surface area contributed by atoms with Crippen molar-refractivity contribution in [1.82, 2.24) is 0 Å². The lowest BCUT2D eigenvalue weighted by molar-refractivity contribution is -0.339. The molecular weight excluding hydrogens is 412 g/mol. The average molecular weight is 438 g/mol. The quantitative estimate of drug-likeness (QED) is 0.282. The van der Waals surface area contributed by atoms with E-state index in [1.165, 1.54) is 13.8 Å². The van der Waals surface area contributed by atoms with Gasteiger partial charge in [-0.2, -0.15) is 9.78 Å². The SMILES string of the molecule is C=CC(=O)OOC(C)(Cc1ccccc1)C(=O)C(C)(Cc1ccccc1)OOC(=O)C=C. The van der Waals surface area contributed by atoms with Crippen molar-refractivity contribution in [3.63, 3.8) is 0 Å². The van der Waals surface area contributed by atoms with Crippen LogP contribution in [0.1, 0.15) is 25.0 Å². The minimum absolute atomic E-state index is 0.0558. The summed E-state index contributed by atoms with van der Waals surface area (Å²) >= 11 is 0. The highest BCUT2D eigenvalue weighted by Crippen LogP contribution is 2.30. The molecule has 0 aliphatic carbocycles. The first kappa shape index (κ1) is 24.7. The third kappa shape index (κ3) is 6.73. The predicted octanol–water partition coefficient (Wildman–Crippen LogP) is 3.88. The van der Waals surface area contributed by atoms with E-state index < -0.39 is 28.9 Å². The van der Waals surface area contributed by atoms with Crippen molar-refractivity contribution in [2.45, 2.75) is 37.9 Å². The van der Waals surface area contributed by atoms with Crippen LogP contribution in [0.3, 0.4) is 0 Å². The fourth-order valence-electron chi connectivity index (χ4n) is 3.16. The summed E-state index contributed by atoms with van der Waals surface area (Å²) in [6, 6.07) is 18.1. The van der Waals surface area contributed by atoms with Crippen LogP contribution in [-0.2, 0) is 46.8 Å². The molecule has 0 spiro atoms. The zero-order chi connectivity index (χ0) is 23.6. The van der Waals surface area contributed by atoms with Gasteiger partial charge in [-0.05, 0) is 25.0 Å². The monoisotopic (exact) mass is 438 g/mol. The molecule has 2 aromatic rings. The Hall–Kier alpha value is -3.55. The number of Topliss-reactive ketones (excluding diaryl/α,β-unsaturated/α-hetero) is 1. The van der Waals surface area contributed by atoms with E-state index >= 15 is 0 Å².